The molecule has 2 aromatic heterocycles. The van der Waals surface area contributed by atoms with Crippen molar-refractivity contribution in [1.82, 2.24) is 24.5 Å². The molecule has 0 aliphatic rings. The highest BCUT2D eigenvalue weighted by molar-refractivity contribution is 5.82. The Labute approximate surface area is 168 Å². The van der Waals surface area contributed by atoms with Gasteiger partial charge in [0.15, 0.2) is 0 Å². The van der Waals surface area contributed by atoms with Crippen LogP contribution in [0.25, 0.3) is 16.7 Å². The zero-order chi connectivity index (χ0) is 20.5. The van der Waals surface area contributed by atoms with Crippen molar-refractivity contribution in [2.24, 2.45) is 0 Å². The Bertz CT molecular complexity index is 1250. The Morgan fingerprint density at radius 3 is 2.41 bits per heavy atom. The normalized spacial score (nSPS) is 11.4. The van der Waals surface area contributed by atoms with E-state index in [1.807, 2.05) is 69.3 Å². The van der Waals surface area contributed by atoms with E-state index in [9.17, 15) is 9.59 Å². The third-order valence-electron chi connectivity index (χ3n) is 4.97. The van der Waals surface area contributed by atoms with Crippen LogP contribution in [0.15, 0.2) is 53.3 Å². The summed E-state index contributed by atoms with van der Waals surface area (Å²) in [6.45, 7) is 6.37. The summed E-state index contributed by atoms with van der Waals surface area (Å²) in [5.74, 6) is 0.608. The van der Waals surface area contributed by atoms with Crippen LogP contribution in [0.1, 0.15) is 36.7 Å². The van der Waals surface area contributed by atoms with Crippen LogP contribution in [0.4, 0.5) is 0 Å². The summed E-state index contributed by atoms with van der Waals surface area (Å²) in [5.41, 5.74) is 3.57. The number of nitrogens with one attached hydrogen (secondary N) is 1. The lowest BCUT2D eigenvalue weighted by molar-refractivity contribution is -0.121. The van der Waals surface area contributed by atoms with E-state index in [0.29, 0.717) is 12.1 Å². The number of para-hydroxylation sites is 2. The van der Waals surface area contributed by atoms with Gasteiger partial charge in [-0.15, -0.1) is 10.2 Å². The molecule has 0 saturated heterocycles. The number of nitrogens with zero attached hydrogens (tertiary/aromatic N) is 4. The molecule has 0 aliphatic heterocycles. The maximum Gasteiger partial charge on any atom is 0.297 e. The predicted octanol–water partition coefficient (Wildman–Crippen LogP) is 2.79. The number of aromatic nitrogens is 4. The van der Waals surface area contributed by atoms with E-state index in [4.69, 9.17) is 0 Å². The number of fused-ring (bicyclic) bond motifs is 3. The van der Waals surface area contributed by atoms with Crippen molar-refractivity contribution in [3.63, 3.8) is 0 Å². The third kappa shape index (κ3) is 3.51. The minimum Gasteiger partial charge on any atom is -0.350 e. The van der Waals surface area contributed by atoms with Crippen molar-refractivity contribution in [2.45, 2.75) is 39.8 Å². The number of hydrogen-bond donors (Lipinski definition) is 1. The minimum atomic E-state index is -0.325. The van der Waals surface area contributed by atoms with E-state index < -0.39 is 0 Å². The van der Waals surface area contributed by atoms with Gasteiger partial charge in [0.2, 0.25) is 11.6 Å². The lowest BCUT2D eigenvalue weighted by Gasteiger charge is -2.13. The van der Waals surface area contributed by atoms with Crippen LogP contribution in [0.2, 0.25) is 0 Å². The maximum absolute atomic E-state index is 13.1. The number of benzene rings is 2. The van der Waals surface area contributed by atoms with Crippen LogP contribution in [0.5, 0.6) is 0 Å². The molecule has 0 aliphatic carbocycles. The number of amides is 1. The van der Waals surface area contributed by atoms with Gasteiger partial charge in [-0.25, -0.2) is 0 Å². The molecule has 7 heteroatoms. The Hall–Kier alpha value is -3.48. The van der Waals surface area contributed by atoms with Gasteiger partial charge in [0.05, 0.1) is 11.0 Å². The molecule has 7 nitrogen and oxygen atoms in total. The molecule has 148 valence electrons. The van der Waals surface area contributed by atoms with E-state index >= 15 is 0 Å². The SMILES string of the molecule is Cc1ccc(CNC(=O)Cn2c(=O)c3nnc(C(C)C)n3c3ccccc32)cc1. The van der Waals surface area contributed by atoms with Crippen molar-refractivity contribution in [3.05, 3.63) is 75.8 Å². The lowest BCUT2D eigenvalue weighted by Crippen LogP contribution is -2.33. The molecule has 29 heavy (non-hydrogen) atoms. The fraction of sp³-hybridized carbons (Fsp3) is 0.273. The van der Waals surface area contributed by atoms with E-state index in [0.717, 1.165) is 16.9 Å². The molecule has 4 rings (SSSR count). The molecular weight excluding hydrogens is 366 g/mol. The fourth-order valence-electron chi connectivity index (χ4n) is 3.42. The summed E-state index contributed by atoms with van der Waals surface area (Å²) in [6, 6.07) is 15.5. The summed E-state index contributed by atoms with van der Waals surface area (Å²) >= 11 is 0. The summed E-state index contributed by atoms with van der Waals surface area (Å²) < 4.78 is 3.26. The van der Waals surface area contributed by atoms with Crippen LogP contribution in [-0.2, 0) is 17.9 Å². The van der Waals surface area contributed by atoms with E-state index in [2.05, 4.69) is 15.5 Å². The second-order valence-electron chi connectivity index (χ2n) is 7.51. The Morgan fingerprint density at radius 1 is 1.03 bits per heavy atom. The largest absolute Gasteiger partial charge is 0.350 e. The Morgan fingerprint density at radius 2 is 1.72 bits per heavy atom. The van der Waals surface area contributed by atoms with E-state index in [1.165, 1.54) is 10.1 Å². The zero-order valence-corrected chi connectivity index (χ0v) is 16.7. The summed E-state index contributed by atoms with van der Waals surface area (Å²) in [6.07, 6.45) is 0. The predicted molar refractivity (Wildman–Crippen MR) is 112 cm³/mol. The molecule has 4 aromatic rings. The number of hydrogen-bond acceptors (Lipinski definition) is 4. The average Bonchev–Trinajstić information content (AvgIpc) is 3.16. The lowest BCUT2D eigenvalue weighted by atomic mass is 10.1. The topological polar surface area (TPSA) is 81.3 Å². The van der Waals surface area contributed by atoms with Gasteiger partial charge in [-0.05, 0) is 24.6 Å². The molecule has 2 aromatic carbocycles. The summed E-state index contributed by atoms with van der Waals surface area (Å²) in [4.78, 5) is 25.7. The van der Waals surface area contributed by atoms with Crippen LogP contribution >= 0.6 is 0 Å². The monoisotopic (exact) mass is 389 g/mol. The number of carbonyl (C=O) groups excluding carboxylic acids is 1. The average molecular weight is 389 g/mol. The maximum atomic E-state index is 13.1. The smallest absolute Gasteiger partial charge is 0.297 e. The number of carbonyl (C=O) groups is 1. The van der Waals surface area contributed by atoms with Gasteiger partial charge in [0.25, 0.3) is 5.56 Å². The third-order valence-corrected chi connectivity index (χ3v) is 4.97. The molecule has 0 radical (unpaired) electrons. The van der Waals surface area contributed by atoms with E-state index in [1.54, 1.807) is 4.40 Å². The molecular formula is C22H23N5O2. The van der Waals surface area contributed by atoms with Crippen LogP contribution in [0, 0.1) is 6.92 Å². The van der Waals surface area contributed by atoms with Gasteiger partial charge in [-0.3, -0.25) is 18.6 Å². The van der Waals surface area contributed by atoms with Gasteiger partial charge < -0.3 is 5.32 Å². The molecule has 1 N–H and O–H groups in total. The molecule has 0 spiro atoms. The van der Waals surface area contributed by atoms with Gasteiger partial charge in [0.1, 0.15) is 12.4 Å². The molecule has 0 atom stereocenters. The first-order valence-corrected chi connectivity index (χ1v) is 9.64. The first-order valence-electron chi connectivity index (χ1n) is 9.64. The highest BCUT2D eigenvalue weighted by Crippen LogP contribution is 2.19. The zero-order valence-electron chi connectivity index (χ0n) is 16.7. The first-order chi connectivity index (χ1) is 14.0. The molecule has 0 bridgehead atoms. The van der Waals surface area contributed by atoms with Gasteiger partial charge >= 0.3 is 0 Å². The van der Waals surface area contributed by atoms with Crippen LogP contribution < -0.4 is 10.9 Å². The molecule has 0 unspecified atom stereocenters. The standard InChI is InChI=1S/C22H23N5O2/c1-14(2)20-24-25-21-22(29)26(17-6-4-5-7-18(17)27(20)21)13-19(28)23-12-16-10-8-15(3)9-11-16/h4-11,14H,12-13H2,1-3H3,(H,23,28). The number of aryl methyl sites for hydroxylation is 1. The second-order valence-corrected chi connectivity index (χ2v) is 7.51. The van der Waals surface area contributed by atoms with Crippen molar-refractivity contribution >= 4 is 22.6 Å². The van der Waals surface area contributed by atoms with Crippen LogP contribution in [0.3, 0.4) is 0 Å². The second kappa shape index (κ2) is 7.50. The van der Waals surface area contributed by atoms with E-state index in [-0.39, 0.29) is 29.6 Å². The van der Waals surface area contributed by atoms with Gasteiger partial charge in [0, 0.05) is 12.5 Å². The number of rotatable bonds is 5. The van der Waals surface area contributed by atoms with Crippen molar-refractivity contribution < 1.29 is 4.79 Å². The van der Waals surface area contributed by atoms with Crippen molar-refractivity contribution in [2.75, 3.05) is 0 Å². The Kier molecular flexibility index (Phi) is 4.88. The van der Waals surface area contributed by atoms with Gasteiger partial charge in [-0.2, -0.15) is 0 Å². The van der Waals surface area contributed by atoms with Crippen molar-refractivity contribution in [1.29, 1.82) is 0 Å². The first kappa shape index (κ1) is 18.9. The molecule has 0 saturated carbocycles. The molecule has 2 heterocycles. The van der Waals surface area contributed by atoms with Crippen LogP contribution in [-0.4, -0.2) is 25.1 Å². The highest BCUT2D eigenvalue weighted by Gasteiger charge is 2.19. The molecule has 1 amide bonds. The summed E-state index contributed by atoms with van der Waals surface area (Å²) in [7, 11) is 0. The quantitative estimate of drug-likeness (QED) is 0.569. The van der Waals surface area contributed by atoms with Crippen molar-refractivity contribution in [3.8, 4) is 0 Å². The summed E-state index contributed by atoms with van der Waals surface area (Å²) in [5, 5.41) is 11.2. The van der Waals surface area contributed by atoms with Gasteiger partial charge in [-0.1, -0.05) is 55.8 Å². The Balaban J connectivity index is 1.69. The highest BCUT2D eigenvalue weighted by atomic mass is 16.2. The molecule has 0 fully saturated rings. The minimum absolute atomic E-state index is 0.0778. The fourth-order valence-corrected chi connectivity index (χ4v) is 3.42.